The number of aromatic nitrogens is 2. The molecule has 2 heterocycles. The number of aryl methyl sites for hydroxylation is 1. The number of anilines is 1. The van der Waals surface area contributed by atoms with Crippen molar-refractivity contribution in [2.45, 2.75) is 0 Å². The van der Waals surface area contributed by atoms with Gasteiger partial charge >= 0.3 is 0 Å². The van der Waals surface area contributed by atoms with Crippen molar-refractivity contribution < 1.29 is 9.63 Å². The molecule has 0 unspecified atom stereocenters. The van der Waals surface area contributed by atoms with Gasteiger partial charge in [0.05, 0.1) is 6.20 Å². The Morgan fingerprint density at radius 1 is 1.41 bits per heavy atom. The zero-order chi connectivity index (χ0) is 12.0. The highest BCUT2D eigenvalue weighted by Crippen LogP contribution is 2.34. The monoisotopic (exact) mass is 229 g/mol. The van der Waals surface area contributed by atoms with Crippen molar-refractivity contribution in [3.63, 3.8) is 0 Å². The molecule has 0 spiro atoms. The molecular weight excluding hydrogens is 218 g/mol. The van der Waals surface area contributed by atoms with Crippen molar-refractivity contribution in [3.8, 4) is 17.1 Å². The molecule has 1 aromatic carbocycles. The maximum Gasteiger partial charge on any atom is 0.191 e. The molecule has 3 aromatic rings. The Kier molecular flexibility index (Phi) is 1.89. The molecule has 0 saturated heterocycles. The van der Waals surface area contributed by atoms with Crippen LogP contribution in [0.1, 0.15) is 0 Å². The molecule has 5 heteroatoms. The lowest BCUT2D eigenvalue weighted by Crippen LogP contribution is -1.83. The lowest BCUT2D eigenvalue weighted by molar-refractivity contribution is 0.433. The SMILES string of the molecule is Cn1cc(-c2oncc2N)c2cc(O)ccc21. The summed E-state index contributed by atoms with van der Waals surface area (Å²) in [5.41, 5.74) is 8.09. The van der Waals surface area contributed by atoms with Gasteiger partial charge in [-0.3, -0.25) is 0 Å². The Balaban J connectivity index is 2.37. The van der Waals surface area contributed by atoms with Crippen LogP contribution in [-0.2, 0) is 7.05 Å². The van der Waals surface area contributed by atoms with Gasteiger partial charge in [-0.1, -0.05) is 5.16 Å². The molecule has 3 rings (SSSR count). The molecule has 3 N–H and O–H groups in total. The summed E-state index contributed by atoms with van der Waals surface area (Å²) in [6.07, 6.45) is 3.37. The molecule has 5 nitrogen and oxygen atoms in total. The summed E-state index contributed by atoms with van der Waals surface area (Å²) in [5.74, 6) is 0.740. The molecule has 0 aliphatic heterocycles. The molecular formula is C12H11N3O2. The molecule has 2 aromatic heterocycles. The van der Waals surface area contributed by atoms with E-state index < -0.39 is 0 Å². The number of rotatable bonds is 1. The topological polar surface area (TPSA) is 77.2 Å². The first kappa shape index (κ1) is 9.77. The number of aromatic hydroxyl groups is 1. The third-order valence-corrected chi connectivity index (χ3v) is 2.82. The van der Waals surface area contributed by atoms with E-state index in [4.69, 9.17) is 10.3 Å². The first-order valence-corrected chi connectivity index (χ1v) is 5.15. The normalized spacial score (nSPS) is 11.1. The van der Waals surface area contributed by atoms with Crippen LogP contribution >= 0.6 is 0 Å². The van der Waals surface area contributed by atoms with Gasteiger partial charge in [0.25, 0.3) is 0 Å². The number of nitrogens with zero attached hydrogens (tertiary/aromatic N) is 2. The second-order valence-electron chi connectivity index (χ2n) is 3.97. The minimum absolute atomic E-state index is 0.211. The van der Waals surface area contributed by atoms with Gasteiger partial charge in [-0.2, -0.15) is 0 Å². The second kappa shape index (κ2) is 3.28. The Bertz CT molecular complexity index is 697. The third kappa shape index (κ3) is 1.36. The summed E-state index contributed by atoms with van der Waals surface area (Å²) in [6, 6.07) is 5.18. The van der Waals surface area contributed by atoms with Crippen LogP contribution in [-0.4, -0.2) is 14.8 Å². The van der Waals surface area contributed by atoms with E-state index in [2.05, 4.69) is 5.16 Å². The molecule has 0 fully saturated rings. The number of nitrogens with two attached hydrogens (primary N) is 1. The summed E-state index contributed by atoms with van der Waals surface area (Å²) in [7, 11) is 1.93. The van der Waals surface area contributed by atoms with Gasteiger partial charge < -0.3 is 19.9 Å². The van der Waals surface area contributed by atoms with Gasteiger partial charge in [0.1, 0.15) is 11.4 Å². The minimum Gasteiger partial charge on any atom is -0.508 e. The van der Waals surface area contributed by atoms with Crippen molar-refractivity contribution in [1.82, 2.24) is 9.72 Å². The van der Waals surface area contributed by atoms with E-state index in [1.807, 2.05) is 23.9 Å². The quantitative estimate of drug-likeness (QED) is 0.670. The van der Waals surface area contributed by atoms with Gasteiger partial charge in [-0.25, -0.2) is 0 Å². The van der Waals surface area contributed by atoms with E-state index in [1.54, 1.807) is 12.1 Å². The summed E-state index contributed by atoms with van der Waals surface area (Å²) >= 11 is 0. The third-order valence-electron chi connectivity index (χ3n) is 2.82. The van der Waals surface area contributed by atoms with Crippen molar-refractivity contribution in [1.29, 1.82) is 0 Å². The van der Waals surface area contributed by atoms with Crippen LogP contribution in [0.25, 0.3) is 22.2 Å². The number of hydrogen-bond acceptors (Lipinski definition) is 4. The highest BCUT2D eigenvalue weighted by molar-refractivity contribution is 5.97. The molecule has 0 radical (unpaired) electrons. The molecule has 0 aliphatic rings. The smallest absolute Gasteiger partial charge is 0.191 e. The lowest BCUT2D eigenvalue weighted by Gasteiger charge is -1.97. The van der Waals surface area contributed by atoms with Crippen molar-refractivity contribution >= 4 is 16.6 Å². The zero-order valence-electron chi connectivity index (χ0n) is 9.21. The highest BCUT2D eigenvalue weighted by atomic mass is 16.5. The van der Waals surface area contributed by atoms with Crippen molar-refractivity contribution in [2.75, 3.05) is 5.73 Å². The molecule has 0 bridgehead atoms. The van der Waals surface area contributed by atoms with Crippen molar-refractivity contribution in [3.05, 3.63) is 30.6 Å². The number of phenolic OH excluding ortho intramolecular Hbond substituents is 1. The maximum atomic E-state index is 9.54. The van der Waals surface area contributed by atoms with E-state index in [1.165, 1.54) is 6.20 Å². The predicted octanol–water partition coefficient (Wildman–Crippen LogP) is 2.12. The Morgan fingerprint density at radius 2 is 2.24 bits per heavy atom. The van der Waals surface area contributed by atoms with Crippen LogP contribution in [0.15, 0.2) is 35.1 Å². The van der Waals surface area contributed by atoms with E-state index in [0.717, 1.165) is 16.5 Å². The zero-order valence-corrected chi connectivity index (χ0v) is 9.21. The van der Waals surface area contributed by atoms with E-state index in [0.29, 0.717) is 11.4 Å². The van der Waals surface area contributed by atoms with Crippen LogP contribution in [0.4, 0.5) is 5.69 Å². The summed E-state index contributed by atoms with van der Waals surface area (Å²) in [5, 5.41) is 14.1. The standard InChI is InChI=1S/C12H11N3O2/c1-15-6-9(12-10(13)5-14-17-12)8-4-7(16)2-3-11(8)15/h2-6,16H,13H2,1H3. The molecule has 0 atom stereocenters. The summed E-state index contributed by atoms with van der Waals surface area (Å²) < 4.78 is 7.09. The Labute approximate surface area is 97.1 Å². The molecule has 17 heavy (non-hydrogen) atoms. The first-order chi connectivity index (χ1) is 8.16. The summed E-state index contributed by atoms with van der Waals surface area (Å²) in [6.45, 7) is 0. The minimum atomic E-state index is 0.211. The Morgan fingerprint density at radius 3 is 2.94 bits per heavy atom. The van der Waals surface area contributed by atoms with Crippen LogP contribution in [0, 0.1) is 0 Å². The molecule has 86 valence electrons. The highest BCUT2D eigenvalue weighted by Gasteiger charge is 2.15. The van der Waals surface area contributed by atoms with Gasteiger partial charge in [0.15, 0.2) is 5.76 Å². The number of fused-ring (bicyclic) bond motifs is 1. The van der Waals surface area contributed by atoms with Crippen molar-refractivity contribution in [2.24, 2.45) is 7.05 Å². The molecule has 0 amide bonds. The molecule has 0 aliphatic carbocycles. The largest absolute Gasteiger partial charge is 0.508 e. The van der Waals surface area contributed by atoms with Crippen LogP contribution in [0.3, 0.4) is 0 Å². The van der Waals surface area contributed by atoms with E-state index >= 15 is 0 Å². The average Bonchev–Trinajstić information content (AvgIpc) is 2.83. The number of phenols is 1. The number of hydrogen-bond donors (Lipinski definition) is 2. The molecule has 0 saturated carbocycles. The fourth-order valence-electron chi connectivity index (χ4n) is 2.01. The van der Waals surface area contributed by atoms with Gasteiger partial charge in [-0.15, -0.1) is 0 Å². The fraction of sp³-hybridized carbons (Fsp3) is 0.0833. The summed E-state index contributed by atoms with van der Waals surface area (Å²) in [4.78, 5) is 0. The van der Waals surface area contributed by atoms with Crippen LogP contribution in [0.5, 0.6) is 5.75 Å². The first-order valence-electron chi connectivity index (χ1n) is 5.15. The number of benzene rings is 1. The Hall–Kier alpha value is -2.43. The maximum absolute atomic E-state index is 9.54. The van der Waals surface area contributed by atoms with Gasteiger partial charge in [0.2, 0.25) is 0 Å². The fourth-order valence-corrected chi connectivity index (χ4v) is 2.01. The number of nitrogen functional groups attached to an aromatic ring is 1. The van der Waals surface area contributed by atoms with Crippen LogP contribution < -0.4 is 5.73 Å². The van der Waals surface area contributed by atoms with Crippen LogP contribution in [0.2, 0.25) is 0 Å². The van der Waals surface area contributed by atoms with Gasteiger partial charge in [-0.05, 0) is 18.2 Å². The second-order valence-corrected chi connectivity index (χ2v) is 3.97. The lowest BCUT2D eigenvalue weighted by atomic mass is 10.1. The van der Waals surface area contributed by atoms with E-state index in [-0.39, 0.29) is 5.75 Å². The van der Waals surface area contributed by atoms with Gasteiger partial charge in [0, 0.05) is 29.7 Å². The predicted molar refractivity (Wildman–Crippen MR) is 64.5 cm³/mol. The average molecular weight is 229 g/mol. The van der Waals surface area contributed by atoms with E-state index in [9.17, 15) is 5.11 Å².